The number of unbranched alkanes of at least 4 members (excludes halogenated alkanes) is 1. The van der Waals surface area contributed by atoms with Crippen molar-refractivity contribution in [3.8, 4) is 5.75 Å². The number of nitrogens with two attached hydrogens (primary N) is 1. The lowest BCUT2D eigenvalue weighted by Crippen LogP contribution is -2.38. The number of carbonyl (C=O) groups is 1. The molecule has 0 radical (unpaired) electrons. The summed E-state index contributed by atoms with van der Waals surface area (Å²) in [6.45, 7) is 0.907. The number of nitro benzene ring substituents is 1. The minimum atomic E-state index is -0.498. The molecule has 0 atom stereocenters. The summed E-state index contributed by atoms with van der Waals surface area (Å²) in [7, 11) is 0. The Morgan fingerprint density at radius 2 is 2.12 bits per heavy atom. The Kier molecular flexibility index (Phi) is 5.23. The summed E-state index contributed by atoms with van der Waals surface area (Å²) in [6, 6.07) is 9.55. The monoisotopic (exact) mass is 354 g/mol. The fourth-order valence-electron chi connectivity index (χ4n) is 2.64. The first kappa shape index (κ1) is 17.6. The number of pyridine rings is 1. The fraction of sp³-hybridized carbons (Fsp3) is 0.222. The Balaban J connectivity index is 1.99. The largest absolute Gasteiger partial charge is 0.449 e. The maximum atomic E-state index is 12.9. The fourth-order valence-corrected chi connectivity index (χ4v) is 2.64. The summed E-state index contributed by atoms with van der Waals surface area (Å²) >= 11 is 0. The minimum absolute atomic E-state index is 0.0962. The van der Waals surface area contributed by atoms with Crippen molar-refractivity contribution in [2.75, 3.05) is 18.0 Å². The normalized spacial score (nSPS) is 14.9. The van der Waals surface area contributed by atoms with Gasteiger partial charge in [-0.1, -0.05) is 6.07 Å². The molecule has 1 amide bonds. The van der Waals surface area contributed by atoms with Crippen molar-refractivity contribution in [1.82, 2.24) is 4.98 Å². The standard InChI is InChI=1S/C18H18N4O4/c19-8-2-4-10-21-15-12-14(22(24)25)6-7-16(15)26-17(18(21)23)11-13-5-1-3-9-20-13/h1,3,5-7,9,11-12H,2,4,8,10,19H2/b17-11+. The molecular formula is C18H18N4O4. The van der Waals surface area contributed by atoms with Crippen molar-refractivity contribution in [2.24, 2.45) is 5.73 Å². The number of ether oxygens (including phenoxy) is 1. The van der Waals surface area contributed by atoms with Crippen molar-refractivity contribution in [2.45, 2.75) is 12.8 Å². The van der Waals surface area contributed by atoms with Crippen molar-refractivity contribution in [3.63, 3.8) is 0 Å². The predicted molar refractivity (Wildman–Crippen MR) is 96.6 cm³/mol. The molecule has 0 saturated heterocycles. The highest BCUT2D eigenvalue weighted by Gasteiger charge is 2.31. The molecule has 26 heavy (non-hydrogen) atoms. The molecule has 0 unspecified atom stereocenters. The van der Waals surface area contributed by atoms with Gasteiger partial charge in [0.05, 0.1) is 16.3 Å². The first-order valence-corrected chi connectivity index (χ1v) is 8.21. The van der Waals surface area contributed by atoms with Crippen molar-refractivity contribution in [1.29, 1.82) is 0 Å². The summed E-state index contributed by atoms with van der Waals surface area (Å²) < 4.78 is 5.70. The Hall–Kier alpha value is -3.26. The molecular weight excluding hydrogens is 336 g/mol. The third-order valence-electron chi connectivity index (χ3n) is 3.92. The van der Waals surface area contributed by atoms with Crippen molar-refractivity contribution in [3.05, 3.63) is 64.2 Å². The van der Waals surface area contributed by atoms with Crippen LogP contribution in [-0.2, 0) is 4.79 Å². The molecule has 0 spiro atoms. The van der Waals surface area contributed by atoms with E-state index in [0.717, 1.165) is 6.42 Å². The van der Waals surface area contributed by atoms with E-state index in [9.17, 15) is 14.9 Å². The van der Waals surface area contributed by atoms with Crippen LogP contribution in [0.4, 0.5) is 11.4 Å². The SMILES string of the molecule is NCCCCN1C(=O)/C(=C\c2ccccn2)Oc2ccc([N+](=O)[O-])cc21. The number of carbonyl (C=O) groups excluding carboxylic acids is 1. The highest BCUT2D eigenvalue weighted by Crippen LogP contribution is 2.38. The van der Waals surface area contributed by atoms with E-state index >= 15 is 0 Å². The van der Waals surface area contributed by atoms with E-state index in [-0.39, 0.29) is 17.4 Å². The van der Waals surface area contributed by atoms with Gasteiger partial charge in [-0.3, -0.25) is 19.9 Å². The van der Waals surface area contributed by atoms with Gasteiger partial charge in [0.1, 0.15) is 0 Å². The highest BCUT2D eigenvalue weighted by molar-refractivity contribution is 6.09. The topological polar surface area (TPSA) is 112 Å². The van der Waals surface area contributed by atoms with Crippen LogP contribution < -0.4 is 15.4 Å². The summed E-state index contributed by atoms with van der Waals surface area (Å²) in [5, 5.41) is 11.1. The molecule has 0 saturated carbocycles. The van der Waals surface area contributed by atoms with Crippen LogP contribution in [0.25, 0.3) is 6.08 Å². The van der Waals surface area contributed by atoms with Gasteiger partial charge in [0, 0.05) is 31.0 Å². The van der Waals surface area contributed by atoms with Crippen LogP contribution in [0.1, 0.15) is 18.5 Å². The van der Waals surface area contributed by atoms with E-state index in [4.69, 9.17) is 10.5 Å². The van der Waals surface area contributed by atoms with Crippen LogP contribution in [0.15, 0.2) is 48.4 Å². The molecule has 1 aromatic heterocycles. The molecule has 0 aliphatic carbocycles. The number of benzene rings is 1. The number of rotatable bonds is 6. The molecule has 0 bridgehead atoms. The van der Waals surface area contributed by atoms with Crippen LogP contribution >= 0.6 is 0 Å². The Labute approximate surface area is 150 Å². The number of amides is 1. The summed E-state index contributed by atoms with van der Waals surface area (Å²) in [5.74, 6) is 0.156. The summed E-state index contributed by atoms with van der Waals surface area (Å²) in [4.78, 5) is 29.1. The van der Waals surface area contributed by atoms with Gasteiger partial charge in [-0.15, -0.1) is 0 Å². The minimum Gasteiger partial charge on any atom is -0.449 e. The molecule has 8 nitrogen and oxygen atoms in total. The maximum absolute atomic E-state index is 12.9. The Bertz CT molecular complexity index is 852. The molecule has 2 aromatic rings. The molecule has 134 valence electrons. The lowest BCUT2D eigenvalue weighted by atomic mass is 10.1. The molecule has 0 fully saturated rings. The van der Waals surface area contributed by atoms with Gasteiger partial charge < -0.3 is 15.4 Å². The van der Waals surface area contributed by atoms with Gasteiger partial charge >= 0.3 is 0 Å². The zero-order valence-electron chi connectivity index (χ0n) is 14.0. The third kappa shape index (κ3) is 3.70. The average molecular weight is 354 g/mol. The van der Waals surface area contributed by atoms with E-state index in [2.05, 4.69) is 4.98 Å². The lowest BCUT2D eigenvalue weighted by molar-refractivity contribution is -0.384. The van der Waals surface area contributed by atoms with E-state index in [1.807, 2.05) is 6.07 Å². The van der Waals surface area contributed by atoms with Crippen LogP contribution in [0, 0.1) is 10.1 Å². The number of hydrogen-bond donors (Lipinski definition) is 1. The number of hydrogen-bond acceptors (Lipinski definition) is 6. The van der Waals surface area contributed by atoms with E-state index in [0.29, 0.717) is 36.6 Å². The molecule has 1 aromatic carbocycles. The van der Waals surface area contributed by atoms with Crippen molar-refractivity contribution < 1.29 is 14.5 Å². The van der Waals surface area contributed by atoms with Gasteiger partial charge in [-0.05, 0) is 37.6 Å². The average Bonchev–Trinajstić information content (AvgIpc) is 2.65. The predicted octanol–water partition coefficient (Wildman–Crippen LogP) is 2.50. The van der Waals surface area contributed by atoms with Gasteiger partial charge in [-0.25, -0.2) is 0 Å². The van der Waals surface area contributed by atoms with Crippen LogP contribution in [0.5, 0.6) is 5.75 Å². The van der Waals surface area contributed by atoms with E-state index in [1.54, 1.807) is 24.4 Å². The Morgan fingerprint density at radius 3 is 2.81 bits per heavy atom. The zero-order chi connectivity index (χ0) is 18.5. The number of nitrogens with zero attached hydrogens (tertiary/aromatic N) is 3. The molecule has 1 aliphatic heterocycles. The van der Waals surface area contributed by atoms with Gasteiger partial charge in [0.25, 0.3) is 11.6 Å². The molecule has 8 heteroatoms. The second kappa shape index (κ2) is 7.75. The lowest BCUT2D eigenvalue weighted by Gasteiger charge is -2.30. The summed E-state index contributed by atoms with van der Waals surface area (Å²) in [5.41, 5.74) is 6.41. The number of fused-ring (bicyclic) bond motifs is 1. The Morgan fingerprint density at radius 1 is 1.27 bits per heavy atom. The summed E-state index contributed by atoms with van der Waals surface area (Å²) in [6.07, 6.45) is 4.61. The first-order valence-electron chi connectivity index (χ1n) is 8.21. The second-order valence-corrected chi connectivity index (χ2v) is 5.73. The smallest absolute Gasteiger partial charge is 0.294 e. The highest BCUT2D eigenvalue weighted by atomic mass is 16.6. The van der Waals surface area contributed by atoms with Gasteiger partial charge in [0.15, 0.2) is 11.5 Å². The second-order valence-electron chi connectivity index (χ2n) is 5.73. The third-order valence-corrected chi connectivity index (χ3v) is 3.92. The maximum Gasteiger partial charge on any atom is 0.294 e. The van der Waals surface area contributed by atoms with E-state index < -0.39 is 4.92 Å². The number of aromatic nitrogens is 1. The van der Waals surface area contributed by atoms with Crippen LogP contribution in [0.3, 0.4) is 0 Å². The molecule has 2 N–H and O–H groups in total. The molecule has 3 rings (SSSR count). The van der Waals surface area contributed by atoms with Gasteiger partial charge in [-0.2, -0.15) is 0 Å². The van der Waals surface area contributed by atoms with Crippen LogP contribution in [-0.4, -0.2) is 28.9 Å². The van der Waals surface area contributed by atoms with Crippen molar-refractivity contribution >= 4 is 23.4 Å². The molecule has 2 heterocycles. The van der Waals surface area contributed by atoms with Crippen LogP contribution in [0.2, 0.25) is 0 Å². The number of non-ortho nitro benzene ring substituents is 1. The molecule has 1 aliphatic rings. The van der Waals surface area contributed by atoms with E-state index in [1.165, 1.54) is 23.1 Å². The quantitative estimate of drug-likeness (QED) is 0.369. The number of nitro groups is 1. The first-order chi connectivity index (χ1) is 12.6. The zero-order valence-corrected chi connectivity index (χ0v) is 14.0. The number of anilines is 1. The van der Waals surface area contributed by atoms with Gasteiger partial charge in [0.2, 0.25) is 0 Å².